The predicted octanol–water partition coefficient (Wildman–Crippen LogP) is 3.42. The molecule has 0 saturated carbocycles. The van der Waals surface area contributed by atoms with E-state index in [1.54, 1.807) is 18.4 Å². The van der Waals surface area contributed by atoms with Gasteiger partial charge in [0, 0.05) is 23.5 Å². The van der Waals surface area contributed by atoms with E-state index in [0.717, 1.165) is 31.4 Å². The number of benzene rings is 1. The molecule has 0 aliphatic heterocycles. The molecule has 0 bridgehead atoms. The third-order valence-corrected chi connectivity index (χ3v) is 4.71. The third-order valence-electron chi connectivity index (χ3n) is 2.63. The van der Waals surface area contributed by atoms with Crippen LogP contribution >= 0.6 is 27.3 Å². The maximum absolute atomic E-state index is 8.98. The topological polar surface area (TPSA) is 42.4 Å². The van der Waals surface area contributed by atoms with Gasteiger partial charge < -0.3 is 9.84 Å². The second-order valence-corrected chi connectivity index (χ2v) is 5.73. The molecule has 0 radical (unpaired) electrons. The van der Waals surface area contributed by atoms with E-state index < -0.39 is 0 Å². The van der Waals surface area contributed by atoms with Crippen molar-refractivity contribution < 1.29 is 9.84 Å². The zero-order valence-electron chi connectivity index (χ0n) is 10.2. The average Bonchev–Trinajstić information content (AvgIpc) is 2.71. The van der Waals surface area contributed by atoms with Crippen molar-refractivity contribution in [2.24, 2.45) is 0 Å². The molecular formula is C13H14BrNO2S. The van der Waals surface area contributed by atoms with Crippen molar-refractivity contribution in [2.75, 3.05) is 13.7 Å². The van der Waals surface area contributed by atoms with E-state index in [9.17, 15) is 0 Å². The molecule has 0 unspecified atom stereocenters. The molecule has 96 valence electrons. The molecule has 0 aliphatic carbocycles. The van der Waals surface area contributed by atoms with Crippen LogP contribution in [0, 0.1) is 6.92 Å². The Morgan fingerprint density at radius 3 is 2.83 bits per heavy atom. The minimum atomic E-state index is 0.141. The fourth-order valence-corrected chi connectivity index (χ4v) is 3.40. The molecule has 0 spiro atoms. The number of halogens is 1. The van der Waals surface area contributed by atoms with Gasteiger partial charge in [0.05, 0.1) is 7.11 Å². The summed E-state index contributed by atoms with van der Waals surface area (Å²) in [5, 5.41) is 9.93. The zero-order valence-corrected chi connectivity index (χ0v) is 12.6. The summed E-state index contributed by atoms with van der Waals surface area (Å²) in [7, 11) is 1.67. The first-order valence-corrected chi connectivity index (χ1v) is 7.17. The van der Waals surface area contributed by atoms with Gasteiger partial charge in [0.25, 0.3) is 0 Å². The van der Waals surface area contributed by atoms with Crippen LogP contribution in [0.3, 0.4) is 0 Å². The van der Waals surface area contributed by atoms with Crippen LogP contribution in [-0.2, 0) is 6.42 Å². The smallest absolute Gasteiger partial charge is 0.124 e. The lowest BCUT2D eigenvalue weighted by Gasteiger charge is -2.05. The summed E-state index contributed by atoms with van der Waals surface area (Å²) >= 11 is 5.03. The highest BCUT2D eigenvalue weighted by atomic mass is 79.9. The highest BCUT2D eigenvalue weighted by Crippen LogP contribution is 2.33. The summed E-state index contributed by atoms with van der Waals surface area (Å²) in [6.45, 7) is 2.15. The van der Waals surface area contributed by atoms with Crippen LogP contribution in [0.4, 0.5) is 0 Å². The van der Waals surface area contributed by atoms with Gasteiger partial charge in [-0.25, -0.2) is 4.98 Å². The molecule has 0 atom stereocenters. The van der Waals surface area contributed by atoms with E-state index in [2.05, 4.69) is 27.0 Å². The van der Waals surface area contributed by atoms with Crippen LogP contribution in [0.2, 0.25) is 0 Å². The van der Waals surface area contributed by atoms with Gasteiger partial charge in [0.1, 0.15) is 15.4 Å². The fraction of sp³-hybridized carbons (Fsp3) is 0.308. The summed E-state index contributed by atoms with van der Waals surface area (Å²) in [5.41, 5.74) is 2.16. The SMILES string of the molecule is COc1ccc(-c2nc(Br)c(CCO)s2)cc1C. The van der Waals surface area contributed by atoms with Crippen molar-refractivity contribution >= 4 is 27.3 Å². The largest absolute Gasteiger partial charge is 0.496 e. The molecular weight excluding hydrogens is 314 g/mol. The number of thiazole rings is 1. The quantitative estimate of drug-likeness (QED) is 0.935. The second kappa shape index (κ2) is 5.82. The average molecular weight is 328 g/mol. The Morgan fingerprint density at radius 1 is 1.44 bits per heavy atom. The molecule has 1 heterocycles. The molecule has 0 saturated heterocycles. The molecule has 0 fully saturated rings. The van der Waals surface area contributed by atoms with Crippen LogP contribution in [0.15, 0.2) is 22.8 Å². The molecule has 1 aromatic heterocycles. The molecule has 0 amide bonds. The van der Waals surface area contributed by atoms with Crippen LogP contribution < -0.4 is 4.74 Å². The van der Waals surface area contributed by atoms with Gasteiger partial charge in [0.2, 0.25) is 0 Å². The number of aliphatic hydroxyl groups excluding tert-OH is 1. The Balaban J connectivity index is 2.36. The Morgan fingerprint density at radius 2 is 2.22 bits per heavy atom. The van der Waals surface area contributed by atoms with E-state index in [1.165, 1.54) is 0 Å². The number of aliphatic hydroxyl groups is 1. The number of aromatic nitrogens is 1. The predicted molar refractivity (Wildman–Crippen MR) is 77.3 cm³/mol. The summed E-state index contributed by atoms with van der Waals surface area (Å²) in [4.78, 5) is 5.55. The number of ether oxygens (including phenoxy) is 1. The van der Waals surface area contributed by atoms with Crippen molar-refractivity contribution in [3.63, 3.8) is 0 Å². The van der Waals surface area contributed by atoms with E-state index >= 15 is 0 Å². The van der Waals surface area contributed by atoms with E-state index in [0.29, 0.717) is 6.42 Å². The van der Waals surface area contributed by atoms with Crippen molar-refractivity contribution in [2.45, 2.75) is 13.3 Å². The van der Waals surface area contributed by atoms with E-state index in [-0.39, 0.29) is 6.61 Å². The second-order valence-electron chi connectivity index (χ2n) is 3.89. The highest BCUT2D eigenvalue weighted by molar-refractivity contribution is 9.10. The van der Waals surface area contributed by atoms with Gasteiger partial charge in [-0.1, -0.05) is 0 Å². The first-order chi connectivity index (χ1) is 8.65. The van der Waals surface area contributed by atoms with Crippen LogP contribution in [0.1, 0.15) is 10.4 Å². The van der Waals surface area contributed by atoms with Crippen LogP contribution in [-0.4, -0.2) is 23.8 Å². The molecule has 18 heavy (non-hydrogen) atoms. The lowest BCUT2D eigenvalue weighted by atomic mass is 10.1. The Kier molecular flexibility index (Phi) is 4.37. The summed E-state index contributed by atoms with van der Waals surface area (Å²) in [6.07, 6.45) is 0.632. The van der Waals surface area contributed by atoms with Gasteiger partial charge in [0.15, 0.2) is 0 Å². The summed E-state index contributed by atoms with van der Waals surface area (Å²) < 4.78 is 6.07. The van der Waals surface area contributed by atoms with Crippen molar-refractivity contribution in [1.29, 1.82) is 0 Å². The zero-order chi connectivity index (χ0) is 13.1. The minimum absolute atomic E-state index is 0.141. The van der Waals surface area contributed by atoms with Crippen molar-refractivity contribution in [3.8, 4) is 16.3 Å². The number of nitrogens with zero attached hydrogens (tertiary/aromatic N) is 1. The van der Waals surface area contributed by atoms with Crippen LogP contribution in [0.5, 0.6) is 5.75 Å². The van der Waals surface area contributed by atoms with E-state index in [1.807, 2.05) is 19.1 Å². The molecule has 5 heteroatoms. The Hall–Kier alpha value is -0.910. The van der Waals surface area contributed by atoms with Gasteiger partial charge in [-0.15, -0.1) is 11.3 Å². The lowest BCUT2D eigenvalue weighted by Crippen LogP contribution is -1.87. The standard InChI is InChI=1S/C13H14BrNO2S/c1-8-7-9(3-4-10(8)17-2)13-15-12(14)11(18-13)5-6-16/h3-4,7,16H,5-6H2,1-2H3. The van der Waals surface area contributed by atoms with Crippen molar-refractivity contribution in [1.82, 2.24) is 4.98 Å². The molecule has 1 N–H and O–H groups in total. The monoisotopic (exact) mass is 327 g/mol. The van der Waals surface area contributed by atoms with Gasteiger partial charge in [-0.05, 0) is 46.6 Å². The number of methoxy groups -OCH3 is 1. The molecule has 1 aromatic carbocycles. The van der Waals surface area contributed by atoms with E-state index in [4.69, 9.17) is 9.84 Å². The molecule has 2 rings (SSSR count). The van der Waals surface area contributed by atoms with Gasteiger partial charge >= 0.3 is 0 Å². The first-order valence-electron chi connectivity index (χ1n) is 5.56. The molecule has 2 aromatic rings. The number of hydrogen-bond acceptors (Lipinski definition) is 4. The number of aryl methyl sites for hydroxylation is 1. The number of hydrogen-bond donors (Lipinski definition) is 1. The van der Waals surface area contributed by atoms with Gasteiger partial charge in [-0.3, -0.25) is 0 Å². The lowest BCUT2D eigenvalue weighted by molar-refractivity contribution is 0.300. The maximum Gasteiger partial charge on any atom is 0.124 e. The fourth-order valence-electron chi connectivity index (χ4n) is 1.72. The Bertz CT molecular complexity index is 554. The normalized spacial score (nSPS) is 10.7. The molecule has 3 nitrogen and oxygen atoms in total. The summed E-state index contributed by atoms with van der Waals surface area (Å²) in [5.74, 6) is 0.880. The first kappa shape index (κ1) is 13.5. The summed E-state index contributed by atoms with van der Waals surface area (Å²) in [6, 6.07) is 6.01. The Labute approximate surface area is 119 Å². The van der Waals surface area contributed by atoms with Crippen LogP contribution in [0.25, 0.3) is 10.6 Å². The third kappa shape index (κ3) is 2.74. The van der Waals surface area contributed by atoms with Gasteiger partial charge in [-0.2, -0.15) is 0 Å². The minimum Gasteiger partial charge on any atom is -0.496 e. The highest BCUT2D eigenvalue weighted by Gasteiger charge is 2.11. The maximum atomic E-state index is 8.98. The molecule has 0 aliphatic rings. The number of rotatable bonds is 4. The van der Waals surface area contributed by atoms with Crippen molar-refractivity contribution in [3.05, 3.63) is 33.2 Å².